The molecule has 0 radical (unpaired) electrons. The molecule has 6 heteroatoms. The van der Waals surface area contributed by atoms with E-state index in [2.05, 4.69) is 31.0 Å². The minimum absolute atomic E-state index is 0.0327. The highest BCUT2D eigenvalue weighted by Crippen LogP contribution is 2.51. The molecular weight excluding hydrogens is 330 g/mol. The minimum atomic E-state index is -0.0450. The molecule has 0 aromatic carbocycles. The van der Waals surface area contributed by atoms with Gasteiger partial charge in [-0.25, -0.2) is 0 Å². The molecule has 3 fully saturated rings. The van der Waals surface area contributed by atoms with E-state index in [0.29, 0.717) is 24.7 Å². The van der Waals surface area contributed by atoms with E-state index < -0.39 is 0 Å². The molecule has 1 aliphatic carbocycles. The molecule has 0 amide bonds. The Morgan fingerprint density at radius 1 is 1.27 bits per heavy atom. The van der Waals surface area contributed by atoms with Gasteiger partial charge in [-0.15, -0.1) is 0 Å². The van der Waals surface area contributed by atoms with Crippen LogP contribution in [0.3, 0.4) is 0 Å². The number of guanidine groups is 1. The number of carbonyl (C=O) groups is 1. The zero-order chi connectivity index (χ0) is 18.7. The van der Waals surface area contributed by atoms with Gasteiger partial charge in [0.1, 0.15) is 0 Å². The second-order valence-electron chi connectivity index (χ2n) is 8.35. The topological polar surface area (TPSA) is 63.2 Å². The van der Waals surface area contributed by atoms with Gasteiger partial charge in [0.15, 0.2) is 5.96 Å². The lowest BCUT2D eigenvalue weighted by Gasteiger charge is -2.60. The Morgan fingerprint density at radius 3 is 2.65 bits per heavy atom. The van der Waals surface area contributed by atoms with Crippen LogP contribution in [0.1, 0.15) is 53.4 Å². The molecule has 1 saturated carbocycles. The van der Waals surface area contributed by atoms with E-state index in [1.807, 2.05) is 6.92 Å². The van der Waals surface area contributed by atoms with Crippen LogP contribution in [0.2, 0.25) is 0 Å². The van der Waals surface area contributed by atoms with E-state index in [1.54, 1.807) is 0 Å². The fourth-order valence-corrected chi connectivity index (χ4v) is 4.93. The number of ether oxygens (including phenoxy) is 2. The molecule has 3 aliphatic rings. The number of rotatable bonds is 4. The van der Waals surface area contributed by atoms with Crippen LogP contribution in [0.5, 0.6) is 0 Å². The van der Waals surface area contributed by atoms with Crippen molar-refractivity contribution in [2.45, 2.75) is 65.5 Å². The van der Waals surface area contributed by atoms with Crippen molar-refractivity contribution in [2.75, 3.05) is 32.8 Å². The molecule has 148 valence electrons. The van der Waals surface area contributed by atoms with E-state index in [-0.39, 0.29) is 17.3 Å². The summed E-state index contributed by atoms with van der Waals surface area (Å²) in [4.78, 5) is 19.0. The first-order chi connectivity index (χ1) is 12.5. The maximum absolute atomic E-state index is 12.0. The number of likely N-dealkylation sites (tertiary alicyclic amines) is 1. The molecule has 3 unspecified atom stereocenters. The maximum atomic E-state index is 12.0. The first-order valence-corrected chi connectivity index (χ1v) is 10.3. The molecule has 0 spiro atoms. The van der Waals surface area contributed by atoms with Crippen molar-refractivity contribution in [1.29, 1.82) is 0 Å². The average Bonchev–Trinajstić information content (AvgIpc) is 2.65. The van der Waals surface area contributed by atoms with Crippen LogP contribution < -0.4 is 5.32 Å². The highest BCUT2D eigenvalue weighted by Gasteiger charge is 2.58. The van der Waals surface area contributed by atoms with Gasteiger partial charge in [0, 0.05) is 43.6 Å². The number of hydrogen-bond acceptors (Lipinski definition) is 4. The maximum Gasteiger partial charge on any atom is 0.309 e. The monoisotopic (exact) mass is 365 g/mol. The fourth-order valence-electron chi connectivity index (χ4n) is 4.93. The predicted molar refractivity (Wildman–Crippen MR) is 102 cm³/mol. The van der Waals surface area contributed by atoms with Gasteiger partial charge < -0.3 is 19.7 Å². The van der Waals surface area contributed by atoms with Gasteiger partial charge in [-0.3, -0.25) is 9.79 Å². The predicted octanol–water partition coefficient (Wildman–Crippen LogP) is 2.43. The summed E-state index contributed by atoms with van der Waals surface area (Å²) in [6.07, 6.45) is 4.43. The lowest BCUT2D eigenvalue weighted by molar-refractivity contribution is -0.188. The van der Waals surface area contributed by atoms with Crippen LogP contribution >= 0.6 is 0 Å². The third-order valence-electron chi connectivity index (χ3n) is 6.34. The van der Waals surface area contributed by atoms with Crippen LogP contribution in [0, 0.1) is 17.3 Å². The van der Waals surface area contributed by atoms with Crippen LogP contribution in [0.25, 0.3) is 0 Å². The Bertz CT molecular complexity index is 526. The Hall–Kier alpha value is -1.30. The lowest BCUT2D eigenvalue weighted by Crippen LogP contribution is -2.71. The number of hydrogen-bond donors (Lipinski definition) is 1. The van der Waals surface area contributed by atoms with Crippen LogP contribution in [0.15, 0.2) is 4.99 Å². The van der Waals surface area contributed by atoms with Crippen molar-refractivity contribution in [3.05, 3.63) is 0 Å². The van der Waals surface area contributed by atoms with E-state index >= 15 is 0 Å². The second-order valence-corrected chi connectivity index (χ2v) is 8.35. The second kappa shape index (κ2) is 8.15. The van der Waals surface area contributed by atoms with Crippen LogP contribution in [0.4, 0.5) is 0 Å². The molecule has 6 nitrogen and oxygen atoms in total. The molecule has 0 bridgehead atoms. The number of esters is 1. The highest BCUT2D eigenvalue weighted by atomic mass is 16.5. The summed E-state index contributed by atoms with van der Waals surface area (Å²) in [6, 6.07) is 0.404. The number of nitrogens with zero attached hydrogens (tertiary/aromatic N) is 2. The molecule has 0 aromatic rings. The summed E-state index contributed by atoms with van der Waals surface area (Å²) >= 11 is 0. The molecule has 1 N–H and O–H groups in total. The average molecular weight is 366 g/mol. The van der Waals surface area contributed by atoms with Crippen molar-refractivity contribution < 1.29 is 14.3 Å². The molecule has 2 saturated heterocycles. The van der Waals surface area contributed by atoms with Crippen molar-refractivity contribution in [1.82, 2.24) is 10.2 Å². The third-order valence-corrected chi connectivity index (χ3v) is 6.34. The van der Waals surface area contributed by atoms with Gasteiger partial charge in [0.05, 0.1) is 18.6 Å². The van der Waals surface area contributed by atoms with Crippen molar-refractivity contribution in [3.63, 3.8) is 0 Å². The summed E-state index contributed by atoms with van der Waals surface area (Å²) in [6.45, 7) is 12.4. The smallest absolute Gasteiger partial charge is 0.309 e. The quantitative estimate of drug-likeness (QED) is 0.471. The zero-order valence-corrected chi connectivity index (χ0v) is 16.8. The SMILES string of the molecule is CCN=C(NC1C2CCCOC2C1(C)C)N1CCC(C(=O)OCC)CC1. The molecule has 26 heavy (non-hydrogen) atoms. The van der Waals surface area contributed by atoms with Crippen molar-refractivity contribution in [2.24, 2.45) is 22.2 Å². The van der Waals surface area contributed by atoms with Gasteiger partial charge in [-0.2, -0.15) is 0 Å². The van der Waals surface area contributed by atoms with E-state index in [4.69, 9.17) is 14.5 Å². The van der Waals surface area contributed by atoms with E-state index in [9.17, 15) is 4.79 Å². The van der Waals surface area contributed by atoms with Gasteiger partial charge >= 0.3 is 5.97 Å². The van der Waals surface area contributed by atoms with Gasteiger partial charge in [0.2, 0.25) is 0 Å². The number of nitrogens with one attached hydrogen (secondary N) is 1. The van der Waals surface area contributed by atoms with E-state index in [0.717, 1.165) is 51.5 Å². The lowest BCUT2D eigenvalue weighted by atomic mass is 9.55. The summed E-state index contributed by atoms with van der Waals surface area (Å²) in [5.74, 6) is 1.57. The summed E-state index contributed by atoms with van der Waals surface area (Å²) in [7, 11) is 0. The van der Waals surface area contributed by atoms with Gasteiger partial charge in [0.25, 0.3) is 0 Å². The largest absolute Gasteiger partial charge is 0.466 e. The Morgan fingerprint density at radius 2 is 2.00 bits per heavy atom. The van der Waals surface area contributed by atoms with Gasteiger partial charge in [-0.05, 0) is 39.5 Å². The molecule has 2 aliphatic heterocycles. The first-order valence-electron chi connectivity index (χ1n) is 10.3. The molecule has 0 aromatic heterocycles. The molecule has 3 atom stereocenters. The highest BCUT2D eigenvalue weighted by molar-refractivity contribution is 5.81. The van der Waals surface area contributed by atoms with Crippen molar-refractivity contribution in [3.8, 4) is 0 Å². The number of fused-ring (bicyclic) bond motifs is 1. The Balaban J connectivity index is 1.60. The molecule has 3 rings (SSSR count). The van der Waals surface area contributed by atoms with Crippen LogP contribution in [-0.2, 0) is 14.3 Å². The van der Waals surface area contributed by atoms with Crippen molar-refractivity contribution >= 4 is 11.9 Å². The molecule has 2 heterocycles. The first kappa shape index (κ1) is 19.5. The Labute approximate surface area is 157 Å². The number of aliphatic imine (C=N–C) groups is 1. The number of carbonyl (C=O) groups excluding carboxylic acids is 1. The van der Waals surface area contributed by atoms with E-state index in [1.165, 1.54) is 6.42 Å². The zero-order valence-electron chi connectivity index (χ0n) is 16.8. The van der Waals surface area contributed by atoms with Crippen LogP contribution in [-0.4, -0.2) is 61.8 Å². The Kier molecular flexibility index (Phi) is 6.10. The third kappa shape index (κ3) is 3.71. The summed E-state index contributed by atoms with van der Waals surface area (Å²) in [5.41, 5.74) is 0.128. The normalized spacial score (nSPS) is 31.8. The minimum Gasteiger partial charge on any atom is -0.466 e. The molecular formula is C20H35N3O3. The standard InChI is InChI=1S/C20H35N3O3/c1-5-21-19(23-11-9-14(10-12-23)18(24)25-6-2)22-16-15-8-7-13-26-17(15)20(16,3)4/h14-17H,5-13H2,1-4H3,(H,21,22). The summed E-state index contributed by atoms with van der Waals surface area (Å²) in [5, 5.41) is 3.76. The number of piperidine rings is 1. The summed E-state index contributed by atoms with van der Waals surface area (Å²) < 4.78 is 11.2. The fraction of sp³-hybridized carbons (Fsp3) is 0.900. The van der Waals surface area contributed by atoms with Gasteiger partial charge in [-0.1, -0.05) is 13.8 Å².